The number of carboxylic acids is 2. The van der Waals surface area contributed by atoms with Gasteiger partial charge in [-0.3, -0.25) is 9.78 Å². The highest BCUT2D eigenvalue weighted by molar-refractivity contribution is 5.86. The Labute approximate surface area is 159 Å². The van der Waals surface area contributed by atoms with E-state index in [4.69, 9.17) is 14.9 Å². The lowest BCUT2D eigenvalue weighted by Crippen LogP contribution is -2.24. The molecule has 0 spiro atoms. The largest absolute Gasteiger partial charge is 0.493 e. The Morgan fingerprint density at radius 3 is 2.37 bits per heavy atom. The predicted octanol–water partition coefficient (Wildman–Crippen LogP) is 4.35. The maximum atomic E-state index is 10.9. The maximum Gasteiger partial charge on any atom is 0.337 e. The van der Waals surface area contributed by atoms with Crippen molar-refractivity contribution in [1.82, 2.24) is 4.98 Å². The smallest absolute Gasteiger partial charge is 0.337 e. The lowest BCUT2D eigenvalue weighted by molar-refractivity contribution is -0.147. The molecule has 1 aromatic carbocycles. The van der Waals surface area contributed by atoms with Crippen molar-refractivity contribution in [1.29, 1.82) is 0 Å². The van der Waals surface area contributed by atoms with Gasteiger partial charge in [0.25, 0.3) is 0 Å². The number of hydrogen-bond acceptors (Lipinski definition) is 4. The van der Waals surface area contributed by atoms with Crippen LogP contribution in [0.25, 0.3) is 0 Å². The zero-order chi connectivity index (χ0) is 20.4. The monoisotopic (exact) mass is 373 g/mol. The van der Waals surface area contributed by atoms with Gasteiger partial charge in [-0.05, 0) is 69.9 Å². The maximum absolute atomic E-state index is 10.9. The van der Waals surface area contributed by atoms with Crippen LogP contribution in [0.2, 0.25) is 0 Å². The van der Waals surface area contributed by atoms with Gasteiger partial charge in [-0.2, -0.15) is 0 Å². The van der Waals surface area contributed by atoms with E-state index in [2.05, 4.69) is 11.1 Å². The average molecular weight is 373 g/mol. The van der Waals surface area contributed by atoms with Crippen molar-refractivity contribution < 1.29 is 24.5 Å². The molecule has 1 heterocycles. The van der Waals surface area contributed by atoms with Crippen LogP contribution < -0.4 is 4.74 Å². The molecule has 0 radical (unpaired) electrons. The number of aromatic carboxylic acids is 1. The Kier molecular flexibility index (Phi) is 8.45. The highest BCUT2D eigenvalue weighted by atomic mass is 16.5. The highest BCUT2D eigenvalue weighted by Crippen LogP contribution is 2.24. The molecule has 0 aliphatic carbocycles. The Balaban J connectivity index is 0.000000337. The number of aromatic nitrogens is 1. The molecule has 0 saturated carbocycles. The Hall–Kier alpha value is -2.89. The van der Waals surface area contributed by atoms with E-state index in [1.165, 1.54) is 24.0 Å². The van der Waals surface area contributed by atoms with Crippen LogP contribution in [-0.4, -0.2) is 33.7 Å². The number of carboxylic acid groups (broad SMARTS) is 2. The predicted molar refractivity (Wildman–Crippen MR) is 103 cm³/mol. The van der Waals surface area contributed by atoms with Gasteiger partial charge in [0.15, 0.2) is 0 Å². The summed E-state index contributed by atoms with van der Waals surface area (Å²) in [7, 11) is 0. The Morgan fingerprint density at radius 1 is 1.15 bits per heavy atom. The summed E-state index contributed by atoms with van der Waals surface area (Å²) in [6.45, 7) is 8.08. The normalized spacial score (nSPS) is 10.5. The molecule has 0 atom stereocenters. The van der Waals surface area contributed by atoms with E-state index in [1.807, 2.05) is 26.0 Å². The summed E-state index contributed by atoms with van der Waals surface area (Å²) in [5.74, 6) is -0.805. The molecular formula is C21H27NO5. The zero-order valence-corrected chi connectivity index (χ0v) is 16.2. The summed E-state index contributed by atoms with van der Waals surface area (Å²) in [5, 5.41) is 17.3. The molecule has 0 amide bonds. The van der Waals surface area contributed by atoms with Crippen molar-refractivity contribution in [3.8, 4) is 5.75 Å². The van der Waals surface area contributed by atoms with Gasteiger partial charge in [-0.1, -0.05) is 12.1 Å². The minimum Gasteiger partial charge on any atom is -0.493 e. The van der Waals surface area contributed by atoms with Gasteiger partial charge in [0.2, 0.25) is 0 Å². The van der Waals surface area contributed by atoms with E-state index in [1.54, 1.807) is 19.9 Å². The summed E-state index contributed by atoms with van der Waals surface area (Å²) in [5.41, 5.74) is 1.82. The third-order valence-electron chi connectivity index (χ3n) is 4.03. The topological polar surface area (TPSA) is 96.7 Å². The second-order valence-corrected chi connectivity index (χ2v) is 6.96. The summed E-state index contributed by atoms with van der Waals surface area (Å²) < 4.78 is 5.70. The third-order valence-corrected chi connectivity index (χ3v) is 4.03. The van der Waals surface area contributed by atoms with Gasteiger partial charge in [0, 0.05) is 12.4 Å². The molecule has 6 nitrogen and oxygen atoms in total. The van der Waals surface area contributed by atoms with Gasteiger partial charge in [-0.25, -0.2) is 4.79 Å². The molecular weight excluding hydrogens is 346 g/mol. The zero-order valence-electron chi connectivity index (χ0n) is 16.2. The van der Waals surface area contributed by atoms with Crippen molar-refractivity contribution in [3.63, 3.8) is 0 Å². The van der Waals surface area contributed by atoms with Gasteiger partial charge in [-0.15, -0.1) is 0 Å². The number of nitrogens with zero attached hydrogens (tertiary/aromatic N) is 1. The molecule has 2 aromatic rings. The molecule has 2 N–H and O–H groups in total. The third kappa shape index (κ3) is 7.90. The van der Waals surface area contributed by atoms with E-state index in [0.717, 1.165) is 17.7 Å². The van der Waals surface area contributed by atoms with E-state index in [0.29, 0.717) is 13.0 Å². The van der Waals surface area contributed by atoms with Crippen LogP contribution in [0.3, 0.4) is 0 Å². The molecule has 0 fully saturated rings. The van der Waals surface area contributed by atoms with Crippen molar-refractivity contribution in [3.05, 3.63) is 59.4 Å². The molecule has 0 aliphatic rings. The Bertz CT molecular complexity index is 756. The van der Waals surface area contributed by atoms with Gasteiger partial charge < -0.3 is 14.9 Å². The lowest BCUT2D eigenvalue weighted by atomic mass is 9.88. The van der Waals surface area contributed by atoms with Crippen LogP contribution in [0.5, 0.6) is 5.75 Å². The van der Waals surface area contributed by atoms with Gasteiger partial charge in [0.1, 0.15) is 5.75 Å². The van der Waals surface area contributed by atoms with Gasteiger partial charge >= 0.3 is 11.9 Å². The molecule has 146 valence electrons. The minimum atomic E-state index is -0.942. The van der Waals surface area contributed by atoms with E-state index in [9.17, 15) is 9.59 Å². The molecule has 0 aliphatic heterocycles. The summed E-state index contributed by atoms with van der Waals surface area (Å²) in [6.07, 6.45) is 4.20. The number of hydrogen-bond donors (Lipinski definition) is 2. The van der Waals surface area contributed by atoms with Crippen molar-refractivity contribution in [2.24, 2.45) is 5.41 Å². The number of pyridine rings is 1. The van der Waals surface area contributed by atoms with Crippen LogP contribution in [0, 0.1) is 19.3 Å². The molecule has 27 heavy (non-hydrogen) atoms. The first kappa shape index (κ1) is 22.2. The second-order valence-electron chi connectivity index (χ2n) is 6.96. The summed E-state index contributed by atoms with van der Waals surface area (Å²) >= 11 is 0. The fraction of sp³-hybridized carbons (Fsp3) is 0.381. The van der Waals surface area contributed by atoms with Gasteiger partial charge in [0.05, 0.1) is 17.6 Å². The van der Waals surface area contributed by atoms with E-state index in [-0.39, 0.29) is 5.56 Å². The molecule has 0 bridgehead atoms. The number of carbonyl (C=O) groups is 2. The SMILES string of the molecule is Cc1ccc(C)c(OCCCC(C)(C)C(=O)O)c1.O=C(O)c1cccnc1. The first-order chi connectivity index (χ1) is 12.6. The van der Waals surface area contributed by atoms with Crippen molar-refractivity contribution in [2.75, 3.05) is 6.61 Å². The second kappa shape index (κ2) is 10.3. The van der Waals surface area contributed by atoms with E-state index < -0.39 is 17.4 Å². The first-order valence-corrected chi connectivity index (χ1v) is 8.70. The van der Waals surface area contributed by atoms with Crippen LogP contribution in [0.4, 0.5) is 0 Å². The van der Waals surface area contributed by atoms with Crippen LogP contribution in [-0.2, 0) is 4.79 Å². The average Bonchev–Trinajstić information content (AvgIpc) is 2.62. The lowest BCUT2D eigenvalue weighted by Gasteiger charge is -2.19. The fourth-order valence-corrected chi connectivity index (χ4v) is 2.16. The quantitative estimate of drug-likeness (QED) is 0.700. The summed E-state index contributed by atoms with van der Waals surface area (Å²) in [4.78, 5) is 24.7. The number of aliphatic carboxylic acids is 1. The standard InChI is InChI=1S/C15H22O3.C6H5NO2/c1-11-6-7-12(2)13(10-11)18-9-5-8-15(3,4)14(16)17;8-6(9)5-2-1-3-7-4-5/h6-7,10H,5,8-9H2,1-4H3,(H,16,17);1-4H,(H,8,9). The molecule has 2 rings (SSSR count). The number of ether oxygens (including phenoxy) is 1. The number of benzene rings is 1. The molecule has 6 heteroatoms. The molecule has 0 saturated heterocycles. The highest BCUT2D eigenvalue weighted by Gasteiger charge is 2.26. The van der Waals surface area contributed by atoms with Crippen LogP contribution in [0.1, 0.15) is 48.2 Å². The Morgan fingerprint density at radius 2 is 1.85 bits per heavy atom. The van der Waals surface area contributed by atoms with Crippen LogP contribution in [0.15, 0.2) is 42.7 Å². The number of rotatable bonds is 7. The minimum absolute atomic E-state index is 0.220. The van der Waals surface area contributed by atoms with Crippen molar-refractivity contribution >= 4 is 11.9 Å². The van der Waals surface area contributed by atoms with Crippen molar-refractivity contribution in [2.45, 2.75) is 40.5 Å². The number of aryl methyl sites for hydroxylation is 2. The molecule has 1 aromatic heterocycles. The fourth-order valence-electron chi connectivity index (χ4n) is 2.16. The van der Waals surface area contributed by atoms with Crippen LogP contribution >= 0.6 is 0 Å². The van der Waals surface area contributed by atoms with E-state index >= 15 is 0 Å². The first-order valence-electron chi connectivity index (χ1n) is 8.70. The molecule has 0 unspecified atom stereocenters. The summed E-state index contributed by atoms with van der Waals surface area (Å²) in [6, 6.07) is 9.18.